The van der Waals surface area contributed by atoms with Gasteiger partial charge in [-0.15, -0.1) is 11.6 Å². The Morgan fingerprint density at radius 1 is 1.28 bits per heavy atom. The molecule has 1 atom stereocenters. The molecular formula is C22H24ClN3O2S. The molecule has 3 rings (SSSR count). The molecule has 0 saturated carbocycles. The SMILES string of the molecule is CC[C@H](C)c1ccc2oc(-c3cccc(NC(=S)NC(=O)CCCCl)c3)nc2c1. The number of anilines is 1. The van der Waals surface area contributed by atoms with Crippen molar-refractivity contribution in [2.75, 3.05) is 11.2 Å². The molecule has 2 N–H and O–H groups in total. The van der Waals surface area contributed by atoms with Crippen LogP contribution in [-0.2, 0) is 4.79 Å². The lowest BCUT2D eigenvalue weighted by Gasteiger charge is -2.09. The zero-order valence-electron chi connectivity index (χ0n) is 16.5. The van der Waals surface area contributed by atoms with Crippen molar-refractivity contribution in [2.24, 2.45) is 0 Å². The molecule has 0 spiro atoms. The zero-order chi connectivity index (χ0) is 20.8. The second-order valence-electron chi connectivity index (χ2n) is 6.93. The summed E-state index contributed by atoms with van der Waals surface area (Å²) in [5.41, 5.74) is 4.43. The second-order valence-corrected chi connectivity index (χ2v) is 7.72. The molecule has 0 radical (unpaired) electrons. The minimum absolute atomic E-state index is 0.157. The molecule has 152 valence electrons. The molecule has 29 heavy (non-hydrogen) atoms. The second kappa shape index (κ2) is 9.85. The summed E-state index contributed by atoms with van der Waals surface area (Å²) < 4.78 is 5.94. The standard InChI is InChI=1S/C22H24ClN3O2S/c1-3-14(2)15-9-10-19-18(13-15)25-21(28-19)16-6-4-7-17(12-16)24-22(29)26-20(27)8-5-11-23/h4,6-7,9-10,12-14H,3,5,8,11H2,1-2H3,(H2,24,26,27,29)/t14-/m0/s1. The number of hydrogen-bond acceptors (Lipinski definition) is 4. The van der Waals surface area contributed by atoms with E-state index < -0.39 is 0 Å². The van der Waals surface area contributed by atoms with Gasteiger partial charge in [0.2, 0.25) is 11.8 Å². The van der Waals surface area contributed by atoms with Crippen molar-refractivity contribution in [3.05, 3.63) is 48.0 Å². The van der Waals surface area contributed by atoms with E-state index in [-0.39, 0.29) is 11.0 Å². The van der Waals surface area contributed by atoms with Crippen molar-refractivity contribution in [1.82, 2.24) is 10.3 Å². The summed E-state index contributed by atoms with van der Waals surface area (Å²) in [7, 11) is 0. The van der Waals surface area contributed by atoms with Gasteiger partial charge in [-0.25, -0.2) is 4.98 Å². The summed E-state index contributed by atoms with van der Waals surface area (Å²) in [5, 5.41) is 5.92. The average molecular weight is 430 g/mol. The monoisotopic (exact) mass is 429 g/mol. The number of rotatable bonds is 7. The van der Waals surface area contributed by atoms with Gasteiger partial charge in [-0.2, -0.15) is 0 Å². The van der Waals surface area contributed by atoms with Crippen LogP contribution in [0, 0.1) is 0 Å². The van der Waals surface area contributed by atoms with Crippen LogP contribution >= 0.6 is 23.8 Å². The number of carbonyl (C=O) groups excluding carboxylic acids is 1. The van der Waals surface area contributed by atoms with E-state index in [1.807, 2.05) is 30.3 Å². The highest BCUT2D eigenvalue weighted by Gasteiger charge is 2.12. The van der Waals surface area contributed by atoms with Crippen LogP contribution in [0.25, 0.3) is 22.6 Å². The molecule has 3 aromatic rings. The number of nitrogens with zero attached hydrogens (tertiary/aromatic N) is 1. The lowest BCUT2D eigenvalue weighted by atomic mass is 9.98. The van der Waals surface area contributed by atoms with Gasteiger partial charge in [-0.3, -0.25) is 4.79 Å². The van der Waals surface area contributed by atoms with E-state index >= 15 is 0 Å². The Bertz CT molecular complexity index is 1020. The van der Waals surface area contributed by atoms with Crippen LogP contribution in [0.3, 0.4) is 0 Å². The maximum Gasteiger partial charge on any atom is 0.227 e. The molecule has 1 heterocycles. The number of halogens is 1. The first-order valence-corrected chi connectivity index (χ1v) is 10.6. The Balaban J connectivity index is 1.75. The maximum atomic E-state index is 11.8. The third-order valence-corrected chi connectivity index (χ3v) is 5.22. The number of hydrogen-bond donors (Lipinski definition) is 2. The van der Waals surface area contributed by atoms with Crippen molar-refractivity contribution in [3.8, 4) is 11.5 Å². The zero-order valence-corrected chi connectivity index (χ0v) is 18.1. The average Bonchev–Trinajstić information content (AvgIpc) is 3.15. The highest BCUT2D eigenvalue weighted by molar-refractivity contribution is 7.80. The first-order valence-electron chi connectivity index (χ1n) is 9.68. The molecule has 0 fully saturated rings. The fourth-order valence-electron chi connectivity index (χ4n) is 2.92. The van der Waals surface area contributed by atoms with Gasteiger partial charge < -0.3 is 15.1 Å². The molecule has 7 heteroatoms. The fraction of sp³-hybridized carbons (Fsp3) is 0.318. The van der Waals surface area contributed by atoms with Crippen LogP contribution in [-0.4, -0.2) is 21.9 Å². The molecule has 0 bridgehead atoms. The number of alkyl halides is 1. The van der Waals surface area contributed by atoms with Gasteiger partial charge in [-0.05, 0) is 66.9 Å². The molecular weight excluding hydrogens is 406 g/mol. The number of nitrogens with one attached hydrogen (secondary N) is 2. The Labute approximate surface area is 180 Å². The van der Waals surface area contributed by atoms with Crippen molar-refractivity contribution in [3.63, 3.8) is 0 Å². The number of amides is 1. The van der Waals surface area contributed by atoms with E-state index in [9.17, 15) is 4.79 Å². The van der Waals surface area contributed by atoms with E-state index in [1.54, 1.807) is 0 Å². The summed E-state index contributed by atoms with van der Waals surface area (Å²) in [4.78, 5) is 16.4. The van der Waals surface area contributed by atoms with Crippen LogP contribution < -0.4 is 10.6 Å². The first-order chi connectivity index (χ1) is 14.0. The number of benzene rings is 2. The largest absolute Gasteiger partial charge is 0.436 e. The summed E-state index contributed by atoms with van der Waals surface area (Å²) in [5.74, 6) is 1.31. The molecule has 5 nitrogen and oxygen atoms in total. The number of fused-ring (bicyclic) bond motifs is 1. The topological polar surface area (TPSA) is 67.2 Å². The van der Waals surface area contributed by atoms with Crippen LogP contribution in [0.2, 0.25) is 0 Å². The van der Waals surface area contributed by atoms with Crippen molar-refractivity contribution < 1.29 is 9.21 Å². The number of thiocarbonyl (C=S) groups is 1. The minimum Gasteiger partial charge on any atom is -0.436 e. The van der Waals surface area contributed by atoms with E-state index in [1.165, 1.54) is 5.56 Å². The summed E-state index contributed by atoms with van der Waals surface area (Å²) in [6, 6.07) is 13.7. The van der Waals surface area contributed by atoms with E-state index in [0.29, 0.717) is 30.5 Å². The van der Waals surface area contributed by atoms with Gasteiger partial charge in [0.15, 0.2) is 10.7 Å². The fourth-order valence-corrected chi connectivity index (χ4v) is 3.28. The molecule has 0 aliphatic carbocycles. The third-order valence-electron chi connectivity index (χ3n) is 4.75. The molecule has 0 aliphatic heterocycles. The predicted octanol–water partition coefficient (Wildman–Crippen LogP) is 5.84. The normalized spacial score (nSPS) is 12.0. The Morgan fingerprint density at radius 2 is 2.10 bits per heavy atom. The molecule has 1 aromatic heterocycles. The van der Waals surface area contributed by atoms with E-state index in [4.69, 9.17) is 28.2 Å². The van der Waals surface area contributed by atoms with Gasteiger partial charge in [0, 0.05) is 23.6 Å². The first kappa shape index (κ1) is 21.3. The number of aromatic nitrogens is 1. The molecule has 0 unspecified atom stereocenters. The van der Waals surface area contributed by atoms with Gasteiger partial charge in [0.25, 0.3) is 0 Å². The minimum atomic E-state index is -0.157. The van der Waals surface area contributed by atoms with Crippen molar-refractivity contribution in [1.29, 1.82) is 0 Å². The van der Waals surface area contributed by atoms with Gasteiger partial charge in [0.05, 0.1) is 0 Å². The van der Waals surface area contributed by atoms with Crippen molar-refractivity contribution in [2.45, 2.75) is 39.0 Å². The molecule has 2 aromatic carbocycles. The highest BCUT2D eigenvalue weighted by atomic mass is 35.5. The smallest absolute Gasteiger partial charge is 0.227 e. The lowest BCUT2D eigenvalue weighted by Crippen LogP contribution is -2.33. The van der Waals surface area contributed by atoms with Crippen molar-refractivity contribution >= 4 is 51.6 Å². The quantitative estimate of drug-likeness (QED) is 0.364. The summed E-state index contributed by atoms with van der Waals surface area (Å²) in [6.07, 6.45) is 2.03. The van der Waals surface area contributed by atoms with E-state index in [2.05, 4.69) is 41.6 Å². The lowest BCUT2D eigenvalue weighted by molar-refractivity contribution is -0.119. The highest BCUT2D eigenvalue weighted by Crippen LogP contribution is 2.29. The Morgan fingerprint density at radius 3 is 2.86 bits per heavy atom. The molecule has 1 amide bonds. The molecule has 0 aliphatic rings. The molecule has 0 saturated heterocycles. The van der Waals surface area contributed by atoms with Gasteiger partial charge in [-0.1, -0.05) is 26.0 Å². The maximum absolute atomic E-state index is 11.8. The number of carbonyl (C=O) groups is 1. The van der Waals surface area contributed by atoms with Gasteiger partial charge >= 0.3 is 0 Å². The Kier molecular flexibility index (Phi) is 7.23. The third kappa shape index (κ3) is 5.55. The summed E-state index contributed by atoms with van der Waals surface area (Å²) in [6.45, 7) is 4.38. The number of oxazole rings is 1. The van der Waals surface area contributed by atoms with Crippen LogP contribution in [0.15, 0.2) is 46.9 Å². The summed E-state index contributed by atoms with van der Waals surface area (Å²) >= 11 is 10.8. The Hall–Kier alpha value is -2.44. The van der Waals surface area contributed by atoms with Crippen LogP contribution in [0.4, 0.5) is 5.69 Å². The predicted molar refractivity (Wildman–Crippen MR) is 122 cm³/mol. The van der Waals surface area contributed by atoms with Crippen LogP contribution in [0.1, 0.15) is 44.6 Å². The van der Waals surface area contributed by atoms with E-state index in [0.717, 1.165) is 28.8 Å². The van der Waals surface area contributed by atoms with Crippen LogP contribution in [0.5, 0.6) is 0 Å². The van der Waals surface area contributed by atoms with Gasteiger partial charge in [0.1, 0.15) is 5.52 Å².